The van der Waals surface area contributed by atoms with Gasteiger partial charge in [-0.3, -0.25) is 4.79 Å². The minimum Gasteiger partial charge on any atom is -0.493 e. The van der Waals surface area contributed by atoms with Crippen LogP contribution in [-0.4, -0.2) is 64.5 Å². The lowest BCUT2D eigenvalue weighted by molar-refractivity contribution is 0.0218. The molecule has 2 rings (SSSR count). The molecule has 1 saturated heterocycles. The second-order valence-corrected chi connectivity index (χ2v) is 5.10. The Morgan fingerprint density at radius 1 is 1.18 bits per heavy atom. The zero-order valence-electron chi connectivity index (χ0n) is 13.3. The lowest BCUT2D eigenvalue weighted by Crippen LogP contribution is -2.30. The highest BCUT2D eigenvalue weighted by Gasteiger charge is 2.27. The number of ether oxygens (including phenoxy) is 4. The first-order valence-electron chi connectivity index (χ1n) is 7.31. The van der Waals surface area contributed by atoms with E-state index >= 15 is 0 Å². The molecule has 1 aliphatic heterocycles. The lowest BCUT2D eigenvalue weighted by Gasteiger charge is -2.17. The minimum absolute atomic E-state index is 0.0150. The lowest BCUT2D eigenvalue weighted by atomic mass is 10.1. The number of amides is 1. The third-order valence-electron chi connectivity index (χ3n) is 3.70. The van der Waals surface area contributed by atoms with Crippen molar-refractivity contribution in [3.63, 3.8) is 0 Å². The van der Waals surface area contributed by atoms with Crippen LogP contribution in [0.15, 0.2) is 18.2 Å². The second kappa shape index (κ2) is 8.00. The molecule has 6 nitrogen and oxygen atoms in total. The molecular formula is C16H23NO5. The van der Waals surface area contributed by atoms with Crippen LogP contribution in [0.3, 0.4) is 0 Å². The Hall–Kier alpha value is -1.79. The van der Waals surface area contributed by atoms with Crippen molar-refractivity contribution in [3.05, 3.63) is 23.8 Å². The molecule has 1 fully saturated rings. The number of carbonyl (C=O) groups excluding carboxylic acids is 1. The summed E-state index contributed by atoms with van der Waals surface area (Å²) in [4.78, 5) is 14.3. The number of rotatable bonds is 7. The molecule has 1 unspecified atom stereocenters. The van der Waals surface area contributed by atoms with Gasteiger partial charge in [0.05, 0.1) is 33.5 Å². The van der Waals surface area contributed by atoms with Crippen LogP contribution in [0.5, 0.6) is 11.5 Å². The van der Waals surface area contributed by atoms with E-state index in [-0.39, 0.29) is 12.0 Å². The van der Waals surface area contributed by atoms with E-state index < -0.39 is 0 Å². The molecule has 122 valence electrons. The summed E-state index contributed by atoms with van der Waals surface area (Å²) in [5, 5.41) is 0. The number of hydrogen-bond acceptors (Lipinski definition) is 5. The summed E-state index contributed by atoms with van der Waals surface area (Å²) in [5.74, 6) is 1.15. The fourth-order valence-electron chi connectivity index (χ4n) is 2.50. The highest BCUT2D eigenvalue weighted by Crippen LogP contribution is 2.28. The van der Waals surface area contributed by atoms with Crippen molar-refractivity contribution in [2.24, 2.45) is 0 Å². The maximum atomic E-state index is 12.5. The van der Waals surface area contributed by atoms with Crippen LogP contribution in [0.4, 0.5) is 0 Å². The molecule has 0 saturated carbocycles. The van der Waals surface area contributed by atoms with E-state index in [1.54, 1.807) is 44.4 Å². The Balaban J connectivity index is 1.97. The molecule has 1 aliphatic rings. The van der Waals surface area contributed by atoms with Crippen LogP contribution in [0.25, 0.3) is 0 Å². The number of carbonyl (C=O) groups is 1. The molecule has 1 amide bonds. The van der Waals surface area contributed by atoms with E-state index in [0.717, 1.165) is 6.42 Å². The van der Waals surface area contributed by atoms with Crippen molar-refractivity contribution in [3.8, 4) is 11.5 Å². The molecule has 0 aromatic heterocycles. The van der Waals surface area contributed by atoms with Gasteiger partial charge < -0.3 is 23.8 Å². The topological polar surface area (TPSA) is 57.2 Å². The van der Waals surface area contributed by atoms with Crippen molar-refractivity contribution >= 4 is 5.91 Å². The summed E-state index contributed by atoms with van der Waals surface area (Å²) in [6, 6.07) is 5.21. The zero-order chi connectivity index (χ0) is 15.9. The number of likely N-dealkylation sites (tertiary alicyclic amines) is 1. The highest BCUT2D eigenvalue weighted by molar-refractivity contribution is 5.95. The molecule has 1 aromatic rings. The zero-order valence-corrected chi connectivity index (χ0v) is 13.3. The number of benzene rings is 1. The van der Waals surface area contributed by atoms with Gasteiger partial charge in [-0.2, -0.15) is 0 Å². The molecule has 0 aliphatic carbocycles. The maximum Gasteiger partial charge on any atom is 0.254 e. The summed E-state index contributed by atoms with van der Waals surface area (Å²) < 4.78 is 21.1. The van der Waals surface area contributed by atoms with Gasteiger partial charge in [0, 0.05) is 25.8 Å². The number of methoxy groups -OCH3 is 3. The first kappa shape index (κ1) is 16.6. The Morgan fingerprint density at radius 2 is 1.95 bits per heavy atom. The highest BCUT2D eigenvalue weighted by atomic mass is 16.5. The van der Waals surface area contributed by atoms with Crippen LogP contribution in [0.2, 0.25) is 0 Å². The smallest absolute Gasteiger partial charge is 0.254 e. The second-order valence-electron chi connectivity index (χ2n) is 5.10. The molecule has 0 radical (unpaired) electrons. The summed E-state index contributed by atoms with van der Waals surface area (Å²) in [6.45, 7) is 2.43. The monoisotopic (exact) mass is 309 g/mol. The van der Waals surface area contributed by atoms with E-state index in [1.807, 2.05) is 0 Å². The Morgan fingerprint density at radius 3 is 2.64 bits per heavy atom. The third-order valence-corrected chi connectivity index (χ3v) is 3.70. The molecule has 0 N–H and O–H groups in total. The molecule has 0 bridgehead atoms. The Kier molecular flexibility index (Phi) is 6.03. The van der Waals surface area contributed by atoms with E-state index in [2.05, 4.69) is 0 Å². The predicted octanol–water partition coefficient (Wildman–Crippen LogP) is 1.58. The Labute approximate surface area is 130 Å². The van der Waals surface area contributed by atoms with Crippen LogP contribution in [0, 0.1) is 0 Å². The van der Waals surface area contributed by atoms with Gasteiger partial charge in [0.2, 0.25) is 0 Å². The SMILES string of the molecule is COCCOC1CCN(C(=O)c2ccc(OC)c(OC)c2)C1. The fourth-order valence-corrected chi connectivity index (χ4v) is 2.50. The van der Waals surface area contributed by atoms with Gasteiger partial charge in [-0.05, 0) is 24.6 Å². The van der Waals surface area contributed by atoms with Gasteiger partial charge in [0.25, 0.3) is 5.91 Å². The van der Waals surface area contributed by atoms with Gasteiger partial charge in [-0.15, -0.1) is 0 Å². The first-order valence-corrected chi connectivity index (χ1v) is 7.31. The average Bonchev–Trinajstić information content (AvgIpc) is 3.02. The van der Waals surface area contributed by atoms with Crippen LogP contribution in [0.1, 0.15) is 16.8 Å². The predicted molar refractivity (Wildman–Crippen MR) is 81.7 cm³/mol. The van der Waals surface area contributed by atoms with Gasteiger partial charge >= 0.3 is 0 Å². The maximum absolute atomic E-state index is 12.5. The van der Waals surface area contributed by atoms with Crippen molar-refractivity contribution in [1.29, 1.82) is 0 Å². The van der Waals surface area contributed by atoms with Gasteiger partial charge in [-0.1, -0.05) is 0 Å². The summed E-state index contributed by atoms with van der Waals surface area (Å²) in [5.41, 5.74) is 0.593. The van der Waals surface area contributed by atoms with Gasteiger partial charge in [0.15, 0.2) is 11.5 Å². The summed E-state index contributed by atoms with van der Waals surface area (Å²) >= 11 is 0. The van der Waals surface area contributed by atoms with Gasteiger partial charge in [0.1, 0.15) is 0 Å². The van der Waals surface area contributed by atoms with E-state index in [1.165, 1.54) is 0 Å². The molecule has 6 heteroatoms. The fraction of sp³-hybridized carbons (Fsp3) is 0.562. The third kappa shape index (κ3) is 3.90. The molecule has 1 heterocycles. The van der Waals surface area contributed by atoms with Crippen molar-refractivity contribution in [2.45, 2.75) is 12.5 Å². The van der Waals surface area contributed by atoms with Gasteiger partial charge in [-0.25, -0.2) is 0 Å². The van der Waals surface area contributed by atoms with E-state index in [0.29, 0.717) is 43.4 Å². The number of hydrogen-bond donors (Lipinski definition) is 0. The van der Waals surface area contributed by atoms with Crippen molar-refractivity contribution in [2.75, 3.05) is 47.6 Å². The molecule has 1 aromatic carbocycles. The van der Waals surface area contributed by atoms with Crippen molar-refractivity contribution in [1.82, 2.24) is 4.90 Å². The van der Waals surface area contributed by atoms with E-state index in [9.17, 15) is 4.79 Å². The number of nitrogens with zero attached hydrogens (tertiary/aromatic N) is 1. The van der Waals surface area contributed by atoms with Crippen LogP contribution >= 0.6 is 0 Å². The average molecular weight is 309 g/mol. The summed E-state index contributed by atoms with van der Waals surface area (Å²) in [7, 11) is 4.77. The standard InChI is InChI=1S/C16H23NO5/c1-19-8-9-22-13-6-7-17(11-13)16(18)12-4-5-14(20-2)15(10-12)21-3/h4-5,10,13H,6-9,11H2,1-3H3. The minimum atomic E-state index is -0.0150. The van der Waals surface area contributed by atoms with E-state index in [4.69, 9.17) is 18.9 Å². The largest absolute Gasteiger partial charge is 0.493 e. The molecule has 0 spiro atoms. The normalized spacial score (nSPS) is 17.6. The quantitative estimate of drug-likeness (QED) is 0.716. The first-order chi connectivity index (χ1) is 10.7. The molecule has 1 atom stereocenters. The molecular weight excluding hydrogens is 286 g/mol. The van der Waals surface area contributed by atoms with Crippen molar-refractivity contribution < 1.29 is 23.7 Å². The van der Waals surface area contributed by atoms with Crippen LogP contribution < -0.4 is 9.47 Å². The Bertz CT molecular complexity index is 505. The summed E-state index contributed by atoms with van der Waals surface area (Å²) in [6.07, 6.45) is 0.933. The molecule has 22 heavy (non-hydrogen) atoms. The van der Waals surface area contributed by atoms with Crippen LogP contribution in [-0.2, 0) is 9.47 Å².